The van der Waals surface area contributed by atoms with Crippen LogP contribution in [0, 0.1) is 5.41 Å². The van der Waals surface area contributed by atoms with Crippen LogP contribution < -0.4 is 0 Å². The molecule has 74 valence electrons. The van der Waals surface area contributed by atoms with Gasteiger partial charge in [-0.15, -0.1) is 0 Å². The lowest BCUT2D eigenvalue weighted by Crippen LogP contribution is -2.25. The summed E-state index contributed by atoms with van der Waals surface area (Å²) in [5, 5.41) is 0. The summed E-state index contributed by atoms with van der Waals surface area (Å²) >= 11 is 3.44. The van der Waals surface area contributed by atoms with E-state index in [0.717, 1.165) is 12.8 Å². The molecule has 13 heavy (non-hydrogen) atoms. The minimum Gasteiger partial charge on any atom is -0.298 e. The van der Waals surface area contributed by atoms with Crippen molar-refractivity contribution < 1.29 is 4.79 Å². The van der Waals surface area contributed by atoms with Gasteiger partial charge in [-0.1, -0.05) is 41.4 Å². The van der Waals surface area contributed by atoms with Crippen molar-refractivity contribution in [2.75, 3.05) is 0 Å². The maximum Gasteiger partial charge on any atom is 0.151 e. The summed E-state index contributed by atoms with van der Waals surface area (Å²) in [6, 6.07) is 0. The molecule has 0 N–H and O–H groups in total. The summed E-state index contributed by atoms with van der Waals surface area (Å²) in [5.41, 5.74) is 1.33. The van der Waals surface area contributed by atoms with Crippen molar-refractivity contribution >= 4 is 21.7 Å². The van der Waals surface area contributed by atoms with E-state index < -0.39 is 0 Å². The molecule has 0 aromatic carbocycles. The molecule has 0 aliphatic heterocycles. The van der Waals surface area contributed by atoms with E-state index in [1.807, 2.05) is 6.92 Å². The van der Waals surface area contributed by atoms with Crippen molar-refractivity contribution in [3.63, 3.8) is 0 Å². The SMILES string of the molecule is CC1=CCCC(C)(C)CC(=O)C1Br. The second kappa shape index (κ2) is 3.95. The molecular formula is C11H17BrO. The van der Waals surface area contributed by atoms with E-state index in [1.54, 1.807) is 0 Å². The van der Waals surface area contributed by atoms with Crippen LogP contribution in [0.3, 0.4) is 0 Å². The summed E-state index contributed by atoms with van der Waals surface area (Å²) in [6.07, 6.45) is 5.07. The maximum absolute atomic E-state index is 11.7. The van der Waals surface area contributed by atoms with Gasteiger partial charge in [0.2, 0.25) is 0 Å². The highest BCUT2D eigenvalue weighted by atomic mass is 79.9. The predicted octanol–water partition coefficient (Wildman–Crippen LogP) is 3.48. The van der Waals surface area contributed by atoms with Crippen molar-refractivity contribution in [2.45, 2.75) is 44.9 Å². The van der Waals surface area contributed by atoms with E-state index in [-0.39, 0.29) is 10.2 Å². The lowest BCUT2D eigenvalue weighted by molar-refractivity contribution is -0.119. The number of carbonyl (C=O) groups is 1. The van der Waals surface area contributed by atoms with Crippen LogP contribution in [0.5, 0.6) is 0 Å². The number of ketones is 1. The van der Waals surface area contributed by atoms with Crippen LogP contribution in [0.4, 0.5) is 0 Å². The minimum atomic E-state index is -0.0490. The second-order valence-corrected chi connectivity index (χ2v) is 5.57. The van der Waals surface area contributed by atoms with Crippen LogP contribution in [-0.2, 0) is 4.79 Å². The number of hydrogen-bond acceptors (Lipinski definition) is 1. The van der Waals surface area contributed by atoms with Crippen molar-refractivity contribution in [3.05, 3.63) is 11.6 Å². The number of carbonyl (C=O) groups excluding carboxylic acids is 1. The Morgan fingerprint density at radius 1 is 1.54 bits per heavy atom. The highest BCUT2D eigenvalue weighted by Crippen LogP contribution is 2.32. The molecule has 0 aromatic rings. The average Bonchev–Trinajstić information content (AvgIpc) is 2.00. The van der Waals surface area contributed by atoms with Crippen LogP contribution in [0.1, 0.15) is 40.0 Å². The van der Waals surface area contributed by atoms with Crippen LogP contribution in [0.15, 0.2) is 11.6 Å². The fourth-order valence-electron chi connectivity index (χ4n) is 1.70. The van der Waals surface area contributed by atoms with Crippen molar-refractivity contribution in [1.29, 1.82) is 0 Å². The Balaban J connectivity index is 2.83. The summed E-state index contributed by atoms with van der Waals surface area (Å²) in [5.74, 6) is 0.318. The van der Waals surface area contributed by atoms with Crippen LogP contribution in [0.25, 0.3) is 0 Å². The number of alkyl halides is 1. The molecule has 1 aliphatic carbocycles. The average molecular weight is 245 g/mol. The smallest absolute Gasteiger partial charge is 0.151 e. The largest absolute Gasteiger partial charge is 0.298 e. The van der Waals surface area contributed by atoms with Crippen LogP contribution in [0.2, 0.25) is 0 Å². The molecule has 0 saturated heterocycles. The number of hydrogen-bond donors (Lipinski definition) is 0. The Morgan fingerprint density at radius 3 is 2.77 bits per heavy atom. The lowest BCUT2D eigenvalue weighted by atomic mass is 9.80. The van der Waals surface area contributed by atoms with E-state index in [4.69, 9.17) is 0 Å². The summed E-state index contributed by atoms with van der Waals surface area (Å²) in [6.45, 7) is 6.36. The highest BCUT2D eigenvalue weighted by molar-refractivity contribution is 9.10. The van der Waals surface area contributed by atoms with Gasteiger partial charge in [0.1, 0.15) is 0 Å². The second-order valence-electron chi connectivity index (χ2n) is 4.66. The van der Waals surface area contributed by atoms with E-state index in [0.29, 0.717) is 12.2 Å². The van der Waals surface area contributed by atoms with Gasteiger partial charge in [-0.05, 0) is 25.2 Å². The van der Waals surface area contributed by atoms with Crippen LogP contribution >= 0.6 is 15.9 Å². The number of Topliss-reactive ketones (excluding diaryl/α,β-unsaturated/α-hetero) is 1. The van der Waals surface area contributed by atoms with E-state index in [9.17, 15) is 4.79 Å². The Morgan fingerprint density at radius 2 is 2.15 bits per heavy atom. The molecule has 0 heterocycles. The van der Waals surface area contributed by atoms with Gasteiger partial charge in [-0.3, -0.25) is 4.79 Å². The first-order chi connectivity index (χ1) is 5.92. The zero-order valence-electron chi connectivity index (χ0n) is 8.56. The van der Waals surface area contributed by atoms with Crippen molar-refractivity contribution in [1.82, 2.24) is 0 Å². The molecule has 1 aliphatic rings. The molecule has 0 fully saturated rings. The van der Waals surface area contributed by atoms with Gasteiger partial charge in [0.25, 0.3) is 0 Å². The molecule has 1 rings (SSSR count). The third kappa shape index (κ3) is 2.94. The van der Waals surface area contributed by atoms with E-state index >= 15 is 0 Å². The predicted molar refractivity (Wildman–Crippen MR) is 59.1 cm³/mol. The van der Waals surface area contributed by atoms with Gasteiger partial charge >= 0.3 is 0 Å². The molecule has 1 nitrogen and oxygen atoms in total. The standard InChI is InChI=1S/C11H17BrO/c1-8-5-4-6-11(2,3)7-9(13)10(8)12/h5,10H,4,6-7H2,1-3H3. The highest BCUT2D eigenvalue weighted by Gasteiger charge is 2.27. The zero-order valence-corrected chi connectivity index (χ0v) is 10.1. The van der Waals surface area contributed by atoms with Gasteiger partial charge in [-0.25, -0.2) is 0 Å². The molecule has 1 atom stereocenters. The third-order valence-corrected chi connectivity index (χ3v) is 3.86. The number of halogens is 1. The fraction of sp³-hybridized carbons (Fsp3) is 0.727. The third-order valence-electron chi connectivity index (χ3n) is 2.62. The normalized spacial score (nSPS) is 29.1. The molecule has 0 bridgehead atoms. The fourth-order valence-corrected chi connectivity index (χ4v) is 2.05. The Hall–Kier alpha value is -0.110. The molecule has 2 heteroatoms. The number of allylic oxidation sites excluding steroid dienone is 2. The molecule has 0 spiro atoms. The summed E-state index contributed by atoms with van der Waals surface area (Å²) in [4.78, 5) is 11.7. The summed E-state index contributed by atoms with van der Waals surface area (Å²) in [7, 11) is 0. The van der Waals surface area contributed by atoms with Gasteiger partial charge in [0.15, 0.2) is 5.78 Å². The quantitative estimate of drug-likeness (QED) is 0.471. The molecule has 0 amide bonds. The Bertz CT molecular complexity index is 240. The van der Waals surface area contributed by atoms with E-state index in [1.165, 1.54) is 5.57 Å². The van der Waals surface area contributed by atoms with Gasteiger partial charge in [-0.2, -0.15) is 0 Å². The van der Waals surface area contributed by atoms with Crippen molar-refractivity contribution in [2.24, 2.45) is 5.41 Å². The lowest BCUT2D eigenvalue weighted by Gasteiger charge is -2.27. The van der Waals surface area contributed by atoms with Crippen molar-refractivity contribution in [3.8, 4) is 0 Å². The van der Waals surface area contributed by atoms with Gasteiger partial charge in [0.05, 0.1) is 4.83 Å². The monoisotopic (exact) mass is 244 g/mol. The first kappa shape index (κ1) is 11.0. The topological polar surface area (TPSA) is 17.1 Å². The molecule has 0 saturated carbocycles. The first-order valence-electron chi connectivity index (χ1n) is 4.76. The van der Waals surface area contributed by atoms with Gasteiger partial charge < -0.3 is 0 Å². The molecule has 0 radical (unpaired) electrons. The molecule has 1 unspecified atom stereocenters. The molecular weight excluding hydrogens is 228 g/mol. The van der Waals surface area contributed by atoms with E-state index in [2.05, 4.69) is 35.9 Å². The zero-order chi connectivity index (χ0) is 10.1. The van der Waals surface area contributed by atoms with Crippen LogP contribution in [-0.4, -0.2) is 10.6 Å². The Kier molecular flexibility index (Phi) is 3.33. The minimum absolute atomic E-state index is 0.0490. The summed E-state index contributed by atoms with van der Waals surface area (Å²) < 4.78 is 0. The Labute approximate surface area is 88.7 Å². The van der Waals surface area contributed by atoms with Gasteiger partial charge in [0, 0.05) is 6.42 Å². The first-order valence-corrected chi connectivity index (χ1v) is 5.67. The molecule has 0 aromatic heterocycles. The number of rotatable bonds is 0. The maximum atomic E-state index is 11.7.